The van der Waals surface area contributed by atoms with Crippen LogP contribution in [-0.4, -0.2) is 22.6 Å². The van der Waals surface area contributed by atoms with E-state index < -0.39 is 21.3 Å². The van der Waals surface area contributed by atoms with Crippen molar-refractivity contribution in [1.29, 1.82) is 0 Å². The second-order valence-corrected chi connectivity index (χ2v) is 23.9. The fraction of sp³-hybridized carbons (Fsp3) is 0.250. The molecule has 0 amide bonds. The van der Waals surface area contributed by atoms with Crippen LogP contribution in [0.25, 0.3) is 70.7 Å². The first-order valence-electron chi connectivity index (χ1n) is 23.8. The molecule has 9 rings (SSSR count). The average Bonchev–Trinajstić information content (AvgIpc) is 3.87. The summed E-state index contributed by atoms with van der Waals surface area (Å²) in [5, 5.41) is 3.24. The third kappa shape index (κ3) is 9.21. The van der Waals surface area contributed by atoms with Crippen molar-refractivity contribution >= 4 is 55.8 Å². The Morgan fingerprint density at radius 1 is 0.742 bits per heavy atom. The molecule has 0 unspecified atom stereocenters. The van der Waals surface area contributed by atoms with Gasteiger partial charge in [0.25, 0.3) is 0 Å². The number of para-hydroxylation sites is 2. The topological polar surface area (TPSA) is 30.7 Å². The number of benzene rings is 6. The predicted molar refractivity (Wildman–Crippen MR) is 267 cm³/mol. The minimum atomic E-state index is -2.15. The van der Waals surface area contributed by atoms with E-state index in [-0.39, 0.29) is 37.9 Å². The number of aryl methyl sites for hydroxylation is 1. The van der Waals surface area contributed by atoms with Crippen LogP contribution in [0.4, 0.5) is 0 Å². The van der Waals surface area contributed by atoms with Crippen LogP contribution in [0.3, 0.4) is 0 Å². The number of thiophene rings is 1. The van der Waals surface area contributed by atoms with E-state index in [1.54, 1.807) is 17.4 Å². The van der Waals surface area contributed by atoms with Crippen LogP contribution in [0.15, 0.2) is 134 Å². The summed E-state index contributed by atoms with van der Waals surface area (Å²) >= 11 is 1.61. The molecule has 0 aliphatic heterocycles. The standard InChI is InChI=1S/C38H33N2S.C18H24NSi.Ir/c1-23(2)31-21-27(26-12-7-6-8-13-26)22-32(24(3)4)36(31)40-34-17-10-9-16-33(34)39-38(40)30-15-11-14-29-28-19-18-25(5)20-35(28)41-37(29)30;1-14(2)11-16-12-17(15-9-7-6-8-10-15)19-13-18(16)20(3,4)5;/h6-14,16-24H,1-5H3;6-9,12-14H,11H2,1-5H3;/q2*-1;/i5D3;11D2;. The molecule has 0 atom stereocenters. The number of hydrogen-bond acceptors (Lipinski definition) is 3. The molecule has 3 heterocycles. The van der Waals surface area contributed by atoms with Crippen molar-refractivity contribution in [3.8, 4) is 39.5 Å². The largest absolute Gasteiger partial charge is 0.333 e. The Bertz CT molecular complexity index is 3160. The van der Waals surface area contributed by atoms with Gasteiger partial charge in [-0.05, 0) is 110 Å². The van der Waals surface area contributed by atoms with Gasteiger partial charge in [-0.3, -0.25) is 4.98 Å². The molecule has 0 N–H and O–H groups in total. The van der Waals surface area contributed by atoms with Crippen molar-refractivity contribution in [3.05, 3.63) is 168 Å². The van der Waals surface area contributed by atoms with E-state index in [0.717, 1.165) is 64.6 Å². The van der Waals surface area contributed by atoms with Gasteiger partial charge in [0.2, 0.25) is 0 Å². The maximum atomic E-state index is 8.55. The van der Waals surface area contributed by atoms with Gasteiger partial charge in [0.05, 0.1) is 24.9 Å². The number of aromatic nitrogens is 3. The van der Waals surface area contributed by atoms with Gasteiger partial charge >= 0.3 is 0 Å². The van der Waals surface area contributed by atoms with E-state index in [1.807, 2.05) is 74.6 Å². The molecule has 3 aromatic heterocycles. The van der Waals surface area contributed by atoms with E-state index >= 15 is 0 Å². The number of rotatable bonds is 9. The minimum Gasteiger partial charge on any atom is -0.333 e. The molecule has 0 saturated carbocycles. The van der Waals surface area contributed by atoms with E-state index in [1.165, 1.54) is 27.9 Å². The van der Waals surface area contributed by atoms with Gasteiger partial charge < -0.3 is 9.55 Å². The molecule has 0 bridgehead atoms. The van der Waals surface area contributed by atoms with Crippen LogP contribution in [0, 0.1) is 24.9 Å². The number of nitrogens with zero attached hydrogens (tertiary/aromatic N) is 3. The van der Waals surface area contributed by atoms with E-state index in [2.05, 4.69) is 136 Å². The van der Waals surface area contributed by atoms with Crippen molar-refractivity contribution in [2.24, 2.45) is 5.92 Å². The van der Waals surface area contributed by atoms with Gasteiger partial charge in [-0.2, -0.15) is 11.3 Å². The van der Waals surface area contributed by atoms with Crippen LogP contribution in [-0.2, 0) is 26.5 Å². The first-order valence-corrected chi connectivity index (χ1v) is 25.6. The monoisotopic (exact) mass is 1030 g/mol. The van der Waals surface area contributed by atoms with Crippen molar-refractivity contribution in [1.82, 2.24) is 14.5 Å². The Morgan fingerprint density at radius 2 is 1.45 bits per heavy atom. The van der Waals surface area contributed by atoms with E-state index in [0.29, 0.717) is 5.56 Å². The Hall–Kier alpha value is -4.97. The van der Waals surface area contributed by atoms with Gasteiger partial charge in [-0.1, -0.05) is 138 Å². The molecule has 3 nitrogen and oxygen atoms in total. The van der Waals surface area contributed by atoms with E-state index in [4.69, 9.17) is 11.8 Å². The number of hydrogen-bond donors (Lipinski definition) is 0. The Labute approximate surface area is 394 Å². The molecule has 0 aliphatic carbocycles. The summed E-state index contributed by atoms with van der Waals surface area (Å²) in [6, 6.07) is 49.5. The Kier molecular flexibility index (Phi) is 11.7. The quantitative estimate of drug-likeness (QED) is 0.107. The van der Waals surface area contributed by atoms with Gasteiger partial charge in [0, 0.05) is 43.5 Å². The van der Waals surface area contributed by atoms with Gasteiger partial charge in [0.1, 0.15) is 0 Å². The summed E-state index contributed by atoms with van der Waals surface area (Å²) < 4.78 is 45.3. The first-order chi connectivity index (χ1) is 31.3. The van der Waals surface area contributed by atoms with Gasteiger partial charge in [-0.15, -0.1) is 54.1 Å². The first kappa shape index (κ1) is 38.7. The van der Waals surface area contributed by atoms with Crippen LogP contribution in [0.1, 0.15) is 82.5 Å². The van der Waals surface area contributed by atoms with Crippen LogP contribution in [0.2, 0.25) is 19.6 Å². The van der Waals surface area contributed by atoms with Crippen LogP contribution in [0.5, 0.6) is 0 Å². The zero-order valence-corrected chi connectivity index (χ0v) is 41.2. The zero-order chi connectivity index (χ0) is 47.3. The second-order valence-electron chi connectivity index (χ2n) is 17.8. The van der Waals surface area contributed by atoms with Crippen molar-refractivity contribution in [3.63, 3.8) is 0 Å². The smallest absolute Gasteiger partial charge is 0.0798 e. The van der Waals surface area contributed by atoms with Gasteiger partial charge in [0.15, 0.2) is 0 Å². The Balaban J connectivity index is 0.000000245. The third-order valence-corrected chi connectivity index (χ3v) is 14.3. The summed E-state index contributed by atoms with van der Waals surface area (Å²) in [5.41, 5.74) is 11.9. The molecule has 1 radical (unpaired) electrons. The number of pyridine rings is 1. The van der Waals surface area contributed by atoms with Crippen LogP contribution < -0.4 is 5.19 Å². The molecule has 0 fully saturated rings. The van der Waals surface area contributed by atoms with Gasteiger partial charge in [-0.25, -0.2) is 0 Å². The fourth-order valence-electron chi connectivity index (χ4n) is 8.13. The minimum absolute atomic E-state index is 0. The Morgan fingerprint density at radius 3 is 2.11 bits per heavy atom. The maximum absolute atomic E-state index is 8.55. The predicted octanol–water partition coefficient (Wildman–Crippen LogP) is 15.4. The normalized spacial score (nSPS) is 13.4. The summed E-state index contributed by atoms with van der Waals surface area (Å²) in [7, 11) is -1.67. The molecule has 0 spiro atoms. The van der Waals surface area contributed by atoms with Crippen molar-refractivity contribution in [2.75, 3.05) is 0 Å². The molecule has 62 heavy (non-hydrogen) atoms. The number of fused-ring (bicyclic) bond motifs is 4. The molecule has 9 aromatic rings. The molecular formula is C56H57IrN3SSi-2. The average molecular weight is 1030 g/mol. The molecule has 0 aliphatic rings. The zero-order valence-electron chi connectivity index (χ0n) is 42.0. The summed E-state index contributed by atoms with van der Waals surface area (Å²) in [6.07, 6.45) is 0.528. The van der Waals surface area contributed by atoms with Crippen molar-refractivity contribution < 1.29 is 27.0 Å². The molecule has 6 aromatic carbocycles. The van der Waals surface area contributed by atoms with Crippen LogP contribution >= 0.6 is 11.3 Å². The van der Waals surface area contributed by atoms with E-state index in [9.17, 15) is 0 Å². The summed E-state index contributed by atoms with van der Waals surface area (Å²) in [6.45, 7) is 17.5. The molecule has 317 valence electrons. The SMILES string of the molecule is [2H]C([2H])([2H])c1ccc2c(c1)sc1c(-c3nc4ccccc4n3-c3c(C(C)C)cc(-c4ccccc4)cc3C(C)C)[c-]ccc12.[2H]C([2H])(c1cc(-c2[c-]cccc2)ncc1[Si](C)(C)C)C(C)C.[Ir]. The maximum Gasteiger partial charge on any atom is 0.0798 e. The second kappa shape index (κ2) is 18.8. The fourth-order valence-corrected chi connectivity index (χ4v) is 10.8. The summed E-state index contributed by atoms with van der Waals surface area (Å²) in [5.74, 6) is 1.29. The molecule has 6 heteroatoms. The summed E-state index contributed by atoms with van der Waals surface area (Å²) in [4.78, 5) is 9.85. The van der Waals surface area contributed by atoms with Crippen molar-refractivity contribution in [2.45, 2.75) is 86.2 Å². The third-order valence-electron chi connectivity index (χ3n) is 11.1. The number of imidazole rings is 1. The molecule has 0 saturated heterocycles. The molecular weight excluding hydrogens is 967 g/mol.